The van der Waals surface area contributed by atoms with E-state index in [1.54, 1.807) is 11.9 Å². The van der Waals surface area contributed by atoms with Gasteiger partial charge in [0.05, 0.1) is 0 Å². The number of hydrogen-bond acceptors (Lipinski definition) is 4. The Balaban J connectivity index is 1.39. The van der Waals surface area contributed by atoms with Crippen molar-refractivity contribution in [2.24, 2.45) is 0 Å². The summed E-state index contributed by atoms with van der Waals surface area (Å²) >= 11 is 1.69. The van der Waals surface area contributed by atoms with E-state index in [0.717, 1.165) is 19.5 Å². The molecule has 0 spiro atoms. The molecule has 0 fully saturated rings. The second-order valence-corrected chi connectivity index (χ2v) is 6.86. The first-order valence-electron chi connectivity index (χ1n) is 8.32. The van der Waals surface area contributed by atoms with E-state index in [9.17, 15) is 0 Å². The maximum Gasteiger partial charge on any atom is 0.0346 e. The Morgan fingerprint density at radius 2 is 1.92 bits per heavy atom. The highest BCUT2D eigenvalue weighted by Crippen LogP contribution is 2.21. The summed E-state index contributed by atoms with van der Waals surface area (Å²) in [7, 11) is 0. The van der Waals surface area contributed by atoms with E-state index in [4.69, 9.17) is 0 Å². The van der Waals surface area contributed by atoms with Crippen molar-refractivity contribution in [1.29, 1.82) is 0 Å². The molecule has 0 bridgehead atoms. The van der Waals surface area contributed by atoms with Crippen LogP contribution in [0.4, 0.5) is 0 Å². The van der Waals surface area contributed by atoms with Crippen molar-refractivity contribution in [2.45, 2.75) is 24.3 Å². The Morgan fingerprint density at radius 1 is 1.04 bits per heavy atom. The van der Waals surface area contributed by atoms with Crippen LogP contribution < -0.4 is 10.0 Å². The topological polar surface area (TPSA) is 37.0 Å². The molecule has 1 atom stereocenters. The predicted octanol–water partition coefficient (Wildman–Crippen LogP) is 4.05. The predicted molar refractivity (Wildman–Crippen MR) is 103 cm³/mol. The second-order valence-electron chi connectivity index (χ2n) is 5.95. The van der Waals surface area contributed by atoms with E-state index >= 15 is 0 Å². The van der Waals surface area contributed by atoms with Gasteiger partial charge in [-0.1, -0.05) is 36.4 Å². The van der Waals surface area contributed by atoms with Crippen molar-refractivity contribution in [3.63, 3.8) is 0 Å². The van der Waals surface area contributed by atoms with E-state index < -0.39 is 0 Å². The van der Waals surface area contributed by atoms with Gasteiger partial charge in [-0.3, -0.25) is 9.71 Å². The fourth-order valence-corrected chi connectivity index (χ4v) is 3.27. The molecule has 1 aromatic heterocycles. The Morgan fingerprint density at radius 3 is 2.79 bits per heavy atom. The fraction of sp³-hybridized carbons (Fsp3) is 0.250. The molecule has 2 aromatic carbocycles. The van der Waals surface area contributed by atoms with Gasteiger partial charge in [-0.15, -0.1) is 0 Å². The van der Waals surface area contributed by atoms with Gasteiger partial charge in [0.25, 0.3) is 0 Å². The molecule has 0 aliphatic heterocycles. The van der Waals surface area contributed by atoms with Gasteiger partial charge in [-0.2, -0.15) is 0 Å². The third kappa shape index (κ3) is 5.06. The number of rotatable bonds is 8. The maximum absolute atomic E-state index is 4.15. The number of hydrogen-bond donors (Lipinski definition) is 2. The smallest absolute Gasteiger partial charge is 0.0346 e. The van der Waals surface area contributed by atoms with Crippen LogP contribution in [0.2, 0.25) is 0 Å². The molecular formula is C20H23N3S. The van der Waals surface area contributed by atoms with Crippen LogP contribution >= 0.6 is 11.9 Å². The number of aromatic nitrogens is 1. The highest BCUT2D eigenvalue weighted by Gasteiger charge is 2.03. The zero-order valence-electron chi connectivity index (χ0n) is 13.9. The van der Waals surface area contributed by atoms with Crippen molar-refractivity contribution in [2.75, 3.05) is 13.1 Å². The standard InChI is InChI=1S/C20H23N3S/c1-16(14-21-11-9-17-5-3-2-4-6-17)23-24-20-8-7-19-15-22-12-10-18(19)13-20/h2-8,10,12-13,15-16,21,23H,9,11,14H2,1H3/t16-/m1/s1. The number of nitrogens with one attached hydrogen (secondary N) is 2. The zero-order valence-corrected chi connectivity index (χ0v) is 14.7. The third-order valence-corrected chi connectivity index (χ3v) is 4.88. The average Bonchev–Trinajstić information content (AvgIpc) is 2.64. The minimum Gasteiger partial charge on any atom is -0.315 e. The van der Waals surface area contributed by atoms with Crippen molar-refractivity contribution in [3.8, 4) is 0 Å². The molecule has 0 amide bonds. The first-order chi connectivity index (χ1) is 11.8. The lowest BCUT2D eigenvalue weighted by Gasteiger charge is -2.14. The molecule has 24 heavy (non-hydrogen) atoms. The Kier molecular flexibility index (Phi) is 6.24. The molecule has 0 unspecified atom stereocenters. The summed E-state index contributed by atoms with van der Waals surface area (Å²) in [5, 5.41) is 5.92. The molecule has 0 aliphatic carbocycles. The first kappa shape index (κ1) is 17.0. The number of pyridine rings is 1. The summed E-state index contributed by atoms with van der Waals surface area (Å²) in [6, 6.07) is 19.5. The van der Waals surface area contributed by atoms with E-state index in [0.29, 0.717) is 6.04 Å². The summed E-state index contributed by atoms with van der Waals surface area (Å²) in [5.41, 5.74) is 1.38. The summed E-state index contributed by atoms with van der Waals surface area (Å²) < 4.78 is 3.50. The van der Waals surface area contributed by atoms with Crippen LogP contribution in [0.3, 0.4) is 0 Å². The highest BCUT2D eigenvalue weighted by molar-refractivity contribution is 7.97. The van der Waals surface area contributed by atoms with Crippen LogP contribution in [0.25, 0.3) is 10.8 Å². The minimum absolute atomic E-state index is 0.402. The second kappa shape index (κ2) is 8.83. The van der Waals surface area contributed by atoms with Gasteiger partial charge >= 0.3 is 0 Å². The monoisotopic (exact) mass is 337 g/mol. The molecule has 0 saturated heterocycles. The van der Waals surface area contributed by atoms with E-state index in [1.807, 2.05) is 18.5 Å². The van der Waals surface area contributed by atoms with Crippen molar-refractivity contribution < 1.29 is 0 Å². The number of benzene rings is 2. The highest BCUT2D eigenvalue weighted by atomic mass is 32.2. The molecule has 1 heterocycles. The van der Waals surface area contributed by atoms with Crippen molar-refractivity contribution in [3.05, 3.63) is 72.6 Å². The molecule has 3 rings (SSSR count). The van der Waals surface area contributed by atoms with Crippen molar-refractivity contribution in [1.82, 2.24) is 15.0 Å². The summed E-state index contributed by atoms with van der Waals surface area (Å²) in [5.74, 6) is 0. The van der Waals surface area contributed by atoms with Crippen LogP contribution in [0.1, 0.15) is 12.5 Å². The first-order valence-corrected chi connectivity index (χ1v) is 9.14. The molecule has 4 heteroatoms. The van der Waals surface area contributed by atoms with Gasteiger partial charge in [-0.05, 0) is 61.0 Å². The minimum atomic E-state index is 0.402. The summed E-state index contributed by atoms with van der Waals surface area (Å²) in [6.45, 7) is 4.16. The van der Waals surface area contributed by atoms with Gasteiger partial charge in [0, 0.05) is 35.3 Å². The van der Waals surface area contributed by atoms with Crippen LogP contribution in [0, 0.1) is 0 Å². The third-order valence-electron chi connectivity index (χ3n) is 3.87. The average molecular weight is 337 g/mol. The lowest BCUT2D eigenvalue weighted by atomic mass is 10.1. The summed E-state index contributed by atoms with van der Waals surface area (Å²) in [6.07, 6.45) is 4.80. The SMILES string of the molecule is C[C@H](CNCCc1ccccc1)NSc1ccc2cnccc2c1. The molecule has 0 saturated carbocycles. The Labute approximate surface area is 148 Å². The molecule has 0 aliphatic rings. The van der Waals surface area contributed by atoms with Crippen LogP contribution in [-0.4, -0.2) is 24.1 Å². The number of fused-ring (bicyclic) bond motifs is 1. The molecule has 0 radical (unpaired) electrons. The van der Waals surface area contributed by atoms with Gasteiger partial charge in [-0.25, -0.2) is 0 Å². The maximum atomic E-state index is 4.15. The molecule has 2 N–H and O–H groups in total. The van der Waals surface area contributed by atoms with Crippen LogP contribution in [0.15, 0.2) is 71.9 Å². The van der Waals surface area contributed by atoms with Crippen LogP contribution in [-0.2, 0) is 6.42 Å². The zero-order chi connectivity index (χ0) is 16.6. The molecule has 124 valence electrons. The number of nitrogens with zero attached hydrogens (tertiary/aromatic N) is 1. The quantitative estimate of drug-likeness (QED) is 0.480. The lowest BCUT2D eigenvalue weighted by Crippen LogP contribution is -2.33. The Bertz CT molecular complexity index is 761. The molecule has 3 nitrogen and oxygen atoms in total. The van der Waals surface area contributed by atoms with Gasteiger partial charge in [0.2, 0.25) is 0 Å². The fourth-order valence-electron chi connectivity index (χ4n) is 2.53. The van der Waals surface area contributed by atoms with Gasteiger partial charge < -0.3 is 5.32 Å². The van der Waals surface area contributed by atoms with E-state index in [-0.39, 0.29) is 0 Å². The molecule has 3 aromatic rings. The van der Waals surface area contributed by atoms with E-state index in [1.165, 1.54) is 21.2 Å². The van der Waals surface area contributed by atoms with E-state index in [2.05, 4.69) is 70.5 Å². The normalized spacial score (nSPS) is 12.4. The Hall–Kier alpha value is -1.88. The molecular weight excluding hydrogens is 314 g/mol. The van der Waals surface area contributed by atoms with Crippen molar-refractivity contribution >= 4 is 22.7 Å². The largest absolute Gasteiger partial charge is 0.315 e. The van der Waals surface area contributed by atoms with Gasteiger partial charge in [0.1, 0.15) is 0 Å². The van der Waals surface area contributed by atoms with Gasteiger partial charge in [0.15, 0.2) is 0 Å². The summed E-state index contributed by atoms with van der Waals surface area (Å²) in [4.78, 5) is 5.38. The van der Waals surface area contributed by atoms with Crippen LogP contribution in [0.5, 0.6) is 0 Å². The lowest BCUT2D eigenvalue weighted by molar-refractivity contribution is 0.586.